The van der Waals surface area contributed by atoms with E-state index in [0.717, 1.165) is 18.2 Å². The second-order valence-electron chi connectivity index (χ2n) is 3.38. The summed E-state index contributed by atoms with van der Waals surface area (Å²) in [4.78, 5) is 11.4. The Morgan fingerprint density at radius 2 is 1.94 bits per heavy atom. The van der Waals surface area contributed by atoms with Gasteiger partial charge in [-0.1, -0.05) is 6.92 Å². The van der Waals surface area contributed by atoms with E-state index in [1.165, 1.54) is 6.92 Å². The van der Waals surface area contributed by atoms with Gasteiger partial charge in [0.25, 0.3) is 6.43 Å². The van der Waals surface area contributed by atoms with Crippen LogP contribution in [0.5, 0.6) is 5.75 Å². The minimum Gasteiger partial charge on any atom is -0.405 e. The fourth-order valence-electron chi connectivity index (χ4n) is 1.31. The predicted octanol–water partition coefficient (Wildman–Crippen LogP) is 4.12. The van der Waals surface area contributed by atoms with Crippen LogP contribution in [0.4, 0.5) is 22.0 Å². The van der Waals surface area contributed by atoms with Crippen LogP contribution in [0.3, 0.4) is 0 Å². The van der Waals surface area contributed by atoms with Gasteiger partial charge in [-0.15, -0.1) is 13.2 Å². The largest absolute Gasteiger partial charge is 0.573 e. The Labute approximate surface area is 99.4 Å². The number of ketones is 1. The van der Waals surface area contributed by atoms with Crippen LogP contribution < -0.4 is 4.74 Å². The van der Waals surface area contributed by atoms with Gasteiger partial charge in [-0.05, 0) is 18.2 Å². The zero-order valence-electron chi connectivity index (χ0n) is 9.22. The summed E-state index contributed by atoms with van der Waals surface area (Å²) in [5.74, 6) is -1.46. The Morgan fingerprint density at radius 1 is 1.33 bits per heavy atom. The molecule has 0 aliphatic heterocycles. The van der Waals surface area contributed by atoms with Crippen molar-refractivity contribution in [3.8, 4) is 5.75 Å². The number of halogens is 5. The SMILES string of the molecule is CCC(=O)c1cc(C(F)F)ccc1OC(F)(F)F. The highest BCUT2D eigenvalue weighted by molar-refractivity contribution is 5.98. The quantitative estimate of drug-likeness (QED) is 0.606. The van der Waals surface area contributed by atoms with Crippen LogP contribution in [0.2, 0.25) is 0 Å². The van der Waals surface area contributed by atoms with Crippen molar-refractivity contribution in [1.82, 2.24) is 0 Å². The highest BCUT2D eigenvalue weighted by atomic mass is 19.4. The molecule has 0 saturated carbocycles. The first-order valence-electron chi connectivity index (χ1n) is 4.95. The summed E-state index contributed by atoms with van der Waals surface area (Å²) < 4.78 is 64.6. The molecule has 100 valence electrons. The van der Waals surface area contributed by atoms with Gasteiger partial charge in [0.05, 0.1) is 5.56 Å². The molecule has 1 aromatic carbocycles. The molecular weight excluding hydrogens is 259 g/mol. The van der Waals surface area contributed by atoms with E-state index in [-0.39, 0.29) is 6.42 Å². The van der Waals surface area contributed by atoms with Crippen molar-refractivity contribution < 1.29 is 31.5 Å². The summed E-state index contributed by atoms with van der Waals surface area (Å²) in [5.41, 5.74) is -1.02. The molecule has 0 radical (unpaired) electrons. The molecular formula is C11H9F5O2. The molecule has 0 unspecified atom stereocenters. The van der Waals surface area contributed by atoms with Crippen LogP contribution in [0.1, 0.15) is 35.7 Å². The molecule has 0 heterocycles. The van der Waals surface area contributed by atoms with E-state index in [4.69, 9.17) is 0 Å². The topological polar surface area (TPSA) is 26.3 Å². The fourth-order valence-corrected chi connectivity index (χ4v) is 1.31. The van der Waals surface area contributed by atoms with E-state index in [0.29, 0.717) is 0 Å². The van der Waals surface area contributed by atoms with E-state index in [2.05, 4.69) is 4.74 Å². The lowest BCUT2D eigenvalue weighted by molar-refractivity contribution is -0.274. The molecule has 0 aromatic heterocycles. The molecule has 0 aliphatic rings. The minimum absolute atomic E-state index is 0.110. The molecule has 0 bridgehead atoms. The van der Waals surface area contributed by atoms with Crippen LogP contribution in [0.25, 0.3) is 0 Å². The first-order valence-corrected chi connectivity index (χ1v) is 4.95. The molecule has 1 aromatic rings. The highest BCUT2D eigenvalue weighted by Crippen LogP contribution is 2.30. The first kappa shape index (κ1) is 14.4. The van der Waals surface area contributed by atoms with Crippen LogP contribution in [-0.4, -0.2) is 12.1 Å². The number of hydrogen-bond acceptors (Lipinski definition) is 2. The van der Waals surface area contributed by atoms with Gasteiger partial charge >= 0.3 is 6.36 Å². The number of ether oxygens (including phenoxy) is 1. The monoisotopic (exact) mass is 268 g/mol. The van der Waals surface area contributed by atoms with Crippen molar-refractivity contribution in [3.63, 3.8) is 0 Å². The molecule has 0 N–H and O–H groups in total. The molecule has 0 aliphatic carbocycles. The summed E-state index contributed by atoms with van der Waals surface area (Å²) in [6.07, 6.45) is -7.95. The third-order valence-electron chi connectivity index (χ3n) is 2.10. The molecule has 1 rings (SSSR count). The van der Waals surface area contributed by atoms with E-state index in [9.17, 15) is 26.7 Å². The van der Waals surface area contributed by atoms with Crippen molar-refractivity contribution in [2.24, 2.45) is 0 Å². The number of Topliss-reactive ketones (excluding diaryl/α,β-unsaturated/α-hetero) is 1. The summed E-state index contributed by atoms with van der Waals surface area (Å²) in [5, 5.41) is 0. The van der Waals surface area contributed by atoms with Gasteiger partial charge in [-0.3, -0.25) is 4.79 Å². The van der Waals surface area contributed by atoms with E-state index >= 15 is 0 Å². The number of hydrogen-bond donors (Lipinski definition) is 0. The number of carbonyl (C=O) groups is 1. The maximum atomic E-state index is 12.4. The summed E-state index contributed by atoms with van der Waals surface area (Å²) in [6.45, 7) is 1.41. The average molecular weight is 268 g/mol. The molecule has 0 saturated heterocycles. The standard InChI is InChI=1S/C11H9F5O2/c1-2-8(17)7-5-6(10(12)13)3-4-9(7)18-11(14,15)16/h3-5,10H,2H2,1H3. The van der Waals surface area contributed by atoms with Crippen molar-refractivity contribution in [2.75, 3.05) is 0 Å². The lowest BCUT2D eigenvalue weighted by Gasteiger charge is -2.13. The first-order chi connectivity index (χ1) is 8.24. The summed E-state index contributed by atoms with van der Waals surface area (Å²) in [7, 11) is 0. The van der Waals surface area contributed by atoms with Gasteiger partial charge in [0, 0.05) is 12.0 Å². The van der Waals surface area contributed by atoms with Crippen LogP contribution in [-0.2, 0) is 0 Å². The second-order valence-corrected chi connectivity index (χ2v) is 3.38. The maximum Gasteiger partial charge on any atom is 0.573 e. The molecule has 0 fully saturated rings. The van der Waals surface area contributed by atoms with Crippen molar-refractivity contribution in [3.05, 3.63) is 29.3 Å². The Bertz CT molecular complexity index is 440. The Kier molecular flexibility index (Phi) is 4.26. The summed E-state index contributed by atoms with van der Waals surface area (Å²) >= 11 is 0. The van der Waals surface area contributed by atoms with Crippen LogP contribution in [0.15, 0.2) is 18.2 Å². The third kappa shape index (κ3) is 3.68. The Balaban J connectivity index is 3.21. The predicted molar refractivity (Wildman–Crippen MR) is 52.7 cm³/mol. The van der Waals surface area contributed by atoms with Crippen molar-refractivity contribution in [1.29, 1.82) is 0 Å². The normalized spacial score (nSPS) is 11.7. The van der Waals surface area contributed by atoms with Crippen LogP contribution >= 0.6 is 0 Å². The molecule has 7 heteroatoms. The summed E-state index contributed by atoms with van der Waals surface area (Å²) in [6, 6.07) is 2.23. The number of benzene rings is 1. The van der Waals surface area contributed by atoms with Gasteiger partial charge < -0.3 is 4.74 Å². The smallest absolute Gasteiger partial charge is 0.405 e. The van der Waals surface area contributed by atoms with Gasteiger partial charge in [0.15, 0.2) is 5.78 Å². The third-order valence-corrected chi connectivity index (χ3v) is 2.10. The number of rotatable bonds is 4. The zero-order valence-corrected chi connectivity index (χ0v) is 9.22. The van der Waals surface area contributed by atoms with Crippen LogP contribution in [0, 0.1) is 0 Å². The molecule has 18 heavy (non-hydrogen) atoms. The van der Waals surface area contributed by atoms with Gasteiger partial charge in [-0.2, -0.15) is 0 Å². The van der Waals surface area contributed by atoms with Gasteiger partial charge in [0.2, 0.25) is 0 Å². The molecule has 2 nitrogen and oxygen atoms in total. The van der Waals surface area contributed by atoms with Crippen molar-refractivity contribution in [2.45, 2.75) is 26.1 Å². The fraction of sp³-hybridized carbons (Fsp3) is 0.364. The lowest BCUT2D eigenvalue weighted by atomic mass is 10.0. The van der Waals surface area contributed by atoms with E-state index < -0.39 is 35.4 Å². The number of alkyl halides is 5. The van der Waals surface area contributed by atoms with E-state index in [1.54, 1.807) is 0 Å². The molecule has 0 atom stereocenters. The van der Waals surface area contributed by atoms with E-state index in [1.807, 2.05) is 0 Å². The lowest BCUT2D eigenvalue weighted by Crippen LogP contribution is -2.19. The maximum absolute atomic E-state index is 12.4. The average Bonchev–Trinajstić information content (AvgIpc) is 2.26. The zero-order chi connectivity index (χ0) is 13.9. The van der Waals surface area contributed by atoms with Crippen molar-refractivity contribution >= 4 is 5.78 Å². The Hall–Kier alpha value is -1.66. The molecule has 0 amide bonds. The van der Waals surface area contributed by atoms with Gasteiger partial charge in [-0.25, -0.2) is 8.78 Å². The Morgan fingerprint density at radius 3 is 2.39 bits per heavy atom. The highest BCUT2D eigenvalue weighted by Gasteiger charge is 2.33. The molecule has 0 spiro atoms. The van der Waals surface area contributed by atoms with Gasteiger partial charge in [0.1, 0.15) is 5.75 Å². The number of carbonyl (C=O) groups excluding carboxylic acids is 1. The second kappa shape index (κ2) is 5.32. The minimum atomic E-state index is -4.98.